The van der Waals surface area contributed by atoms with E-state index >= 15 is 0 Å². The maximum atomic E-state index is 11.5. The smallest absolute Gasteiger partial charge is 0.253 e. The van der Waals surface area contributed by atoms with Crippen LogP contribution in [0.15, 0.2) is 54.6 Å². The van der Waals surface area contributed by atoms with Crippen molar-refractivity contribution in [1.29, 1.82) is 0 Å². The van der Waals surface area contributed by atoms with Crippen molar-refractivity contribution in [2.24, 2.45) is 0 Å². The monoisotopic (exact) mass is 322 g/mol. The fraction of sp³-hybridized carbons (Fsp3) is 0.125. The maximum absolute atomic E-state index is 11.5. The Kier molecular flexibility index (Phi) is 3.77. The summed E-state index contributed by atoms with van der Waals surface area (Å²) in [5, 5.41) is 4.78. The second kappa shape index (κ2) is 5.41. The first-order chi connectivity index (χ1) is 9.53. The molecular formula is C16H13Cl2OP. The molecule has 0 saturated heterocycles. The zero-order chi connectivity index (χ0) is 14.2. The molecule has 3 rings (SSSR count). The summed E-state index contributed by atoms with van der Waals surface area (Å²) in [6, 6.07) is 18.8. The Morgan fingerprint density at radius 3 is 2.20 bits per heavy atom. The van der Waals surface area contributed by atoms with E-state index in [4.69, 9.17) is 22.5 Å². The van der Waals surface area contributed by atoms with Crippen LogP contribution in [0.5, 0.6) is 0 Å². The molecule has 3 aromatic rings. The summed E-state index contributed by atoms with van der Waals surface area (Å²) in [7, 11) is 0. The first-order valence-corrected chi connectivity index (χ1v) is 10.1. The molecule has 102 valence electrons. The molecule has 0 bridgehead atoms. The average Bonchev–Trinajstić information content (AvgIpc) is 2.42. The summed E-state index contributed by atoms with van der Waals surface area (Å²) < 4.78 is 11.5. The van der Waals surface area contributed by atoms with Gasteiger partial charge in [-0.25, -0.2) is 0 Å². The van der Waals surface area contributed by atoms with E-state index in [0.29, 0.717) is 12.6 Å². The molecule has 0 aromatic heterocycles. The third-order valence-electron chi connectivity index (χ3n) is 3.48. The van der Waals surface area contributed by atoms with Crippen molar-refractivity contribution < 1.29 is 4.57 Å². The van der Waals surface area contributed by atoms with Crippen molar-refractivity contribution in [3.8, 4) is 0 Å². The van der Waals surface area contributed by atoms with Gasteiger partial charge in [0.25, 0.3) is 5.85 Å². The summed E-state index contributed by atoms with van der Waals surface area (Å²) >= 11 is 11.3. The molecule has 0 atom stereocenters. The second-order valence-corrected chi connectivity index (χ2v) is 10.3. The average molecular weight is 323 g/mol. The molecule has 0 saturated carbocycles. The van der Waals surface area contributed by atoms with Crippen molar-refractivity contribution in [2.45, 2.75) is 6.42 Å². The number of hydrogen-bond acceptors (Lipinski definition) is 1. The summed E-state index contributed by atoms with van der Waals surface area (Å²) in [4.78, 5) is 0. The number of benzene rings is 3. The number of halogens is 2. The molecule has 0 amide bonds. The zero-order valence-electron chi connectivity index (χ0n) is 10.7. The molecule has 1 nitrogen and oxygen atoms in total. The SMILES string of the molecule is O=P(Cl)(Cl)CCc1cccc2cc3ccccc3cc12. The number of aryl methyl sites for hydroxylation is 1. The molecule has 3 aromatic carbocycles. The Bertz CT molecular complexity index is 823. The van der Waals surface area contributed by atoms with Gasteiger partial charge in [-0.2, -0.15) is 0 Å². The van der Waals surface area contributed by atoms with Gasteiger partial charge in [-0.1, -0.05) is 42.5 Å². The Morgan fingerprint density at radius 2 is 1.50 bits per heavy atom. The fourth-order valence-electron chi connectivity index (χ4n) is 2.50. The van der Waals surface area contributed by atoms with Crippen molar-refractivity contribution in [1.82, 2.24) is 0 Å². The zero-order valence-corrected chi connectivity index (χ0v) is 13.1. The Hall–Kier alpha value is -1.01. The van der Waals surface area contributed by atoms with Crippen molar-refractivity contribution >= 4 is 49.9 Å². The van der Waals surface area contributed by atoms with Gasteiger partial charge >= 0.3 is 0 Å². The normalized spacial score (nSPS) is 12.1. The lowest BCUT2D eigenvalue weighted by molar-refractivity contribution is 0.592. The van der Waals surface area contributed by atoms with Gasteiger partial charge < -0.3 is 0 Å². The lowest BCUT2D eigenvalue weighted by atomic mass is 9.99. The topological polar surface area (TPSA) is 17.1 Å². The third-order valence-corrected chi connectivity index (χ3v) is 5.24. The highest BCUT2D eigenvalue weighted by Crippen LogP contribution is 2.56. The highest BCUT2D eigenvalue weighted by atomic mass is 35.9. The number of rotatable bonds is 3. The molecule has 0 fully saturated rings. The van der Waals surface area contributed by atoms with Crippen LogP contribution in [0.4, 0.5) is 0 Å². The van der Waals surface area contributed by atoms with E-state index in [2.05, 4.69) is 30.3 Å². The Labute approximate surface area is 127 Å². The second-order valence-electron chi connectivity index (χ2n) is 4.88. The van der Waals surface area contributed by atoms with Crippen molar-refractivity contribution in [3.63, 3.8) is 0 Å². The van der Waals surface area contributed by atoms with Crippen LogP contribution in [0.1, 0.15) is 5.56 Å². The van der Waals surface area contributed by atoms with Crippen LogP contribution in [-0.2, 0) is 11.0 Å². The van der Waals surface area contributed by atoms with Crippen LogP contribution in [-0.4, -0.2) is 6.16 Å². The molecule has 4 heteroatoms. The highest BCUT2D eigenvalue weighted by molar-refractivity contribution is 8.08. The molecule has 0 spiro atoms. The highest BCUT2D eigenvalue weighted by Gasteiger charge is 2.14. The molecule has 0 unspecified atom stereocenters. The minimum atomic E-state index is -3.01. The van der Waals surface area contributed by atoms with Gasteiger partial charge in [-0.05, 0) is 68.1 Å². The quantitative estimate of drug-likeness (QED) is 0.414. The standard InChI is InChI=1S/C16H13Cl2OP/c17-20(18,19)9-8-12-6-3-7-15-10-13-4-1-2-5-14(13)11-16(12)15/h1-7,10-11H,8-9H2. The summed E-state index contributed by atoms with van der Waals surface area (Å²) in [6.07, 6.45) is 0.933. The Balaban J connectivity index is 2.13. The van der Waals surface area contributed by atoms with E-state index < -0.39 is 5.85 Å². The van der Waals surface area contributed by atoms with Gasteiger partial charge in [0.15, 0.2) is 0 Å². The first kappa shape index (κ1) is 13.9. The van der Waals surface area contributed by atoms with Crippen LogP contribution >= 0.6 is 28.3 Å². The predicted octanol–water partition coefficient (Wildman–Crippen LogP) is 6.21. The molecule has 0 aliphatic heterocycles. The van der Waals surface area contributed by atoms with Gasteiger partial charge in [0, 0.05) is 6.16 Å². The van der Waals surface area contributed by atoms with Crippen molar-refractivity contribution in [3.05, 3.63) is 60.2 Å². The number of fused-ring (bicyclic) bond motifs is 2. The van der Waals surface area contributed by atoms with Crippen LogP contribution in [0, 0.1) is 0 Å². The van der Waals surface area contributed by atoms with Crippen LogP contribution in [0.2, 0.25) is 0 Å². The van der Waals surface area contributed by atoms with Crippen molar-refractivity contribution in [2.75, 3.05) is 6.16 Å². The van der Waals surface area contributed by atoms with E-state index in [-0.39, 0.29) is 0 Å². The molecule has 0 radical (unpaired) electrons. The van der Waals surface area contributed by atoms with Crippen LogP contribution in [0.25, 0.3) is 21.5 Å². The molecule has 0 aliphatic carbocycles. The molecule has 0 aliphatic rings. The summed E-state index contributed by atoms with van der Waals surface area (Å²) in [5.74, 6) is -3.01. The molecule has 0 N–H and O–H groups in total. The maximum Gasteiger partial charge on any atom is 0.253 e. The molecule has 0 heterocycles. The lowest BCUT2D eigenvalue weighted by Crippen LogP contribution is -1.91. The van der Waals surface area contributed by atoms with E-state index in [1.165, 1.54) is 21.5 Å². The third kappa shape index (κ3) is 3.01. The van der Waals surface area contributed by atoms with E-state index in [9.17, 15) is 4.57 Å². The van der Waals surface area contributed by atoms with Crippen LogP contribution < -0.4 is 0 Å². The summed E-state index contributed by atoms with van der Waals surface area (Å²) in [6.45, 7) is 0. The predicted molar refractivity (Wildman–Crippen MR) is 89.3 cm³/mol. The van der Waals surface area contributed by atoms with E-state index in [1.807, 2.05) is 24.3 Å². The largest absolute Gasteiger partial charge is 0.289 e. The van der Waals surface area contributed by atoms with E-state index in [0.717, 1.165) is 5.56 Å². The van der Waals surface area contributed by atoms with E-state index in [1.54, 1.807) is 0 Å². The van der Waals surface area contributed by atoms with Gasteiger partial charge in [-0.3, -0.25) is 4.57 Å². The van der Waals surface area contributed by atoms with Gasteiger partial charge in [0.05, 0.1) is 0 Å². The first-order valence-electron chi connectivity index (χ1n) is 6.42. The fourth-order valence-corrected chi connectivity index (χ4v) is 3.51. The van der Waals surface area contributed by atoms with Gasteiger partial charge in [0.2, 0.25) is 0 Å². The molecular weight excluding hydrogens is 310 g/mol. The Morgan fingerprint density at radius 1 is 0.850 bits per heavy atom. The molecule has 20 heavy (non-hydrogen) atoms. The lowest BCUT2D eigenvalue weighted by Gasteiger charge is -2.09. The number of hydrogen-bond donors (Lipinski definition) is 0. The van der Waals surface area contributed by atoms with Crippen LogP contribution in [0.3, 0.4) is 0 Å². The minimum Gasteiger partial charge on any atom is -0.289 e. The summed E-state index contributed by atoms with van der Waals surface area (Å²) in [5.41, 5.74) is 1.13. The van der Waals surface area contributed by atoms with Gasteiger partial charge in [-0.15, -0.1) is 0 Å². The van der Waals surface area contributed by atoms with Gasteiger partial charge in [0.1, 0.15) is 0 Å². The minimum absolute atomic E-state index is 0.308.